The van der Waals surface area contributed by atoms with E-state index in [0.717, 1.165) is 63.9 Å². The van der Waals surface area contributed by atoms with E-state index in [1.54, 1.807) is 12.1 Å². The summed E-state index contributed by atoms with van der Waals surface area (Å²) in [4.78, 5) is 52.2. The first-order valence-electron chi connectivity index (χ1n) is 12.2. The van der Waals surface area contributed by atoms with Gasteiger partial charge in [-0.2, -0.15) is 0 Å². The molecule has 0 unspecified atom stereocenters. The van der Waals surface area contributed by atoms with Crippen molar-refractivity contribution in [3.63, 3.8) is 0 Å². The molecule has 2 fully saturated rings. The number of carbonyl (C=O) groups is 2. The van der Waals surface area contributed by atoms with E-state index in [0.29, 0.717) is 11.1 Å². The van der Waals surface area contributed by atoms with Crippen molar-refractivity contribution in [2.24, 2.45) is 17.0 Å². The van der Waals surface area contributed by atoms with Crippen LogP contribution in [0.3, 0.4) is 0 Å². The molecule has 0 bridgehead atoms. The second kappa shape index (κ2) is 11.2. The number of Topliss-reactive ketones (excluding diaryl/α,β-unsaturated/α-hetero) is 1. The molecule has 0 aromatic heterocycles. The molecule has 2 saturated carbocycles. The predicted molar refractivity (Wildman–Crippen MR) is 132 cm³/mol. The number of non-ortho nitro benzene ring substituents is 1. The Morgan fingerprint density at radius 1 is 0.806 bits per heavy atom. The van der Waals surface area contributed by atoms with E-state index >= 15 is 0 Å². The Morgan fingerprint density at radius 3 is 2.03 bits per heavy atom. The summed E-state index contributed by atoms with van der Waals surface area (Å²) in [6.45, 7) is 0. The van der Waals surface area contributed by atoms with Crippen molar-refractivity contribution < 1.29 is 24.3 Å². The first-order chi connectivity index (χ1) is 17.3. The maximum Gasteiger partial charge on any atom is 0.338 e. The number of benzene rings is 2. The minimum atomic E-state index is -0.691. The van der Waals surface area contributed by atoms with Crippen molar-refractivity contribution in [2.75, 3.05) is 0 Å². The third-order valence-electron chi connectivity index (χ3n) is 6.99. The van der Waals surface area contributed by atoms with Crippen LogP contribution in [0, 0.1) is 32.1 Å². The van der Waals surface area contributed by atoms with E-state index in [2.05, 4.69) is 5.16 Å². The minimum absolute atomic E-state index is 0.0907. The van der Waals surface area contributed by atoms with E-state index < -0.39 is 15.5 Å². The van der Waals surface area contributed by atoms with Crippen molar-refractivity contribution in [3.8, 4) is 11.1 Å². The van der Waals surface area contributed by atoms with Gasteiger partial charge in [-0.3, -0.25) is 25.0 Å². The zero-order valence-electron chi connectivity index (χ0n) is 19.8. The fourth-order valence-corrected chi connectivity index (χ4v) is 4.99. The van der Waals surface area contributed by atoms with Crippen molar-refractivity contribution in [2.45, 2.75) is 57.8 Å². The maximum atomic E-state index is 13.4. The summed E-state index contributed by atoms with van der Waals surface area (Å²) >= 11 is 0. The fourth-order valence-electron chi connectivity index (χ4n) is 4.99. The summed E-state index contributed by atoms with van der Waals surface area (Å²) in [5.74, 6) is -1.01. The smallest absolute Gasteiger partial charge is 0.318 e. The highest BCUT2D eigenvalue weighted by Crippen LogP contribution is 2.34. The largest absolute Gasteiger partial charge is 0.338 e. The Kier molecular flexibility index (Phi) is 7.82. The molecule has 10 heteroatoms. The number of hydrogen-bond donors (Lipinski definition) is 0. The van der Waals surface area contributed by atoms with Gasteiger partial charge in [-0.25, -0.2) is 4.79 Å². The van der Waals surface area contributed by atoms with Gasteiger partial charge in [0.15, 0.2) is 0 Å². The highest BCUT2D eigenvalue weighted by Gasteiger charge is 2.30. The Labute approximate surface area is 207 Å². The quantitative estimate of drug-likeness (QED) is 0.144. The zero-order chi connectivity index (χ0) is 25.7. The molecule has 2 aliphatic rings. The standard InChI is InChI=1S/C26H27N3O7/c30-25(24(18-6-4-5-7-18)27-36-26(31)20-8-2-1-3-9-20)19-12-10-17(11-13-19)22-15-14-21(28(32)33)16-23(22)29(34)35/h10-16,18,20H,1-9H2/b27-24-. The van der Waals surface area contributed by atoms with Gasteiger partial charge in [-0.1, -0.05) is 61.5 Å². The van der Waals surface area contributed by atoms with Gasteiger partial charge in [0, 0.05) is 17.5 Å². The van der Waals surface area contributed by atoms with E-state index in [4.69, 9.17) is 4.84 Å². The van der Waals surface area contributed by atoms with Gasteiger partial charge in [-0.05, 0) is 37.3 Å². The fraction of sp³-hybridized carbons (Fsp3) is 0.423. The van der Waals surface area contributed by atoms with Crippen LogP contribution in [0.25, 0.3) is 11.1 Å². The van der Waals surface area contributed by atoms with E-state index in [9.17, 15) is 29.8 Å². The van der Waals surface area contributed by atoms with Crippen LogP contribution in [0.4, 0.5) is 11.4 Å². The van der Waals surface area contributed by atoms with E-state index in [1.165, 1.54) is 24.3 Å². The molecular weight excluding hydrogens is 466 g/mol. The molecule has 2 aliphatic carbocycles. The van der Waals surface area contributed by atoms with E-state index in [-0.39, 0.29) is 40.6 Å². The van der Waals surface area contributed by atoms with Crippen LogP contribution in [0.5, 0.6) is 0 Å². The van der Waals surface area contributed by atoms with Gasteiger partial charge in [0.1, 0.15) is 5.71 Å². The van der Waals surface area contributed by atoms with Crippen molar-refractivity contribution >= 4 is 28.8 Å². The van der Waals surface area contributed by atoms with E-state index in [1.807, 2.05) is 0 Å². The van der Waals surface area contributed by atoms with Gasteiger partial charge in [0.25, 0.3) is 11.4 Å². The molecular formula is C26H27N3O7. The SMILES string of the molecule is O=C(/C(=N\OC(=O)C1CCCCC1)C1CCCC1)c1ccc(-c2ccc([N+](=O)[O-])cc2[N+](=O)[O-])cc1. The first-order valence-corrected chi connectivity index (χ1v) is 12.2. The summed E-state index contributed by atoms with van der Waals surface area (Å²) in [5.41, 5.74) is 0.420. The highest BCUT2D eigenvalue weighted by molar-refractivity contribution is 6.46. The van der Waals surface area contributed by atoms with Crippen LogP contribution in [-0.2, 0) is 9.63 Å². The van der Waals surface area contributed by atoms with Gasteiger partial charge in [0.05, 0.1) is 27.4 Å². The molecule has 2 aromatic rings. The number of ketones is 1. The van der Waals surface area contributed by atoms with Crippen molar-refractivity contribution in [1.82, 2.24) is 0 Å². The first kappa shape index (κ1) is 25.2. The van der Waals surface area contributed by atoms with Crippen LogP contribution in [0.15, 0.2) is 47.6 Å². The Hall–Kier alpha value is -3.95. The predicted octanol–water partition coefficient (Wildman–Crippen LogP) is 6.02. The lowest BCUT2D eigenvalue weighted by Crippen LogP contribution is -2.25. The van der Waals surface area contributed by atoms with Crippen LogP contribution in [-0.4, -0.2) is 27.3 Å². The van der Waals surface area contributed by atoms with Crippen LogP contribution in [0.2, 0.25) is 0 Å². The molecule has 0 N–H and O–H groups in total. The number of hydrogen-bond acceptors (Lipinski definition) is 8. The second-order valence-electron chi connectivity index (χ2n) is 9.33. The Morgan fingerprint density at radius 2 is 1.42 bits per heavy atom. The number of rotatable bonds is 8. The zero-order valence-corrected chi connectivity index (χ0v) is 19.8. The number of nitro groups is 2. The summed E-state index contributed by atoms with van der Waals surface area (Å²) in [6, 6.07) is 9.63. The molecule has 0 heterocycles. The van der Waals surface area contributed by atoms with Gasteiger partial charge in [0.2, 0.25) is 5.78 Å². The van der Waals surface area contributed by atoms with Gasteiger partial charge in [-0.15, -0.1) is 0 Å². The lowest BCUT2D eigenvalue weighted by Gasteiger charge is -2.18. The summed E-state index contributed by atoms with van der Waals surface area (Å²) in [7, 11) is 0. The summed E-state index contributed by atoms with van der Waals surface area (Å²) in [5, 5.41) is 26.6. The molecule has 0 spiro atoms. The molecule has 10 nitrogen and oxygen atoms in total. The molecule has 0 saturated heterocycles. The normalized spacial score (nSPS) is 17.1. The summed E-state index contributed by atoms with van der Waals surface area (Å²) in [6.07, 6.45) is 8.14. The molecule has 0 amide bonds. The molecule has 0 aliphatic heterocycles. The average molecular weight is 494 g/mol. The Bertz CT molecular complexity index is 1190. The molecule has 36 heavy (non-hydrogen) atoms. The average Bonchev–Trinajstić information content (AvgIpc) is 3.43. The van der Waals surface area contributed by atoms with Gasteiger partial charge < -0.3 is 4.84 Å². The van der Waals surface area contributed by atoms with Gasteiger partial charge >= 0.3 is 5.97 Å². The third kappa shape index (κ3) is 5.64. The molecule has 2 aromatic carbocycles. The number of carbonyl (C=O) groups excluding carboxylic acids is 2. The number of nitro benzene ring substituents is 2. The minimum Gasteiger partial charge on any atom is -0.318 e. The summed E-state index contributed by atoms with van der Waals surface area (Å²) < 4.78 is 0. The van der Waals surface area contributed by atoms with Crippen LogP contribution in [0.1, 0.15) is 68.1 Å². The second-order valence-corrected chi connectivity index (χ2v) is 9.33. The molecule has 4 rings (SSSR count). The molecule has 0 radical (unpaired) electrons. The third-order valence-corrected chi connectivity index (χ3v) is 6.99. The monoisotopic (exact) mass is 493 g/mol. The topological polar surface area (TPSA) is 142 Å². The Balaban J connectivity index is 1.57. The molecule has 188 valence electrons. The van der Waals surface area contributed by atoms with Crippen molar-refractivity contribution in [3.05, 3.63) is 68.3 Å². The highest BCUT2D eigenvalue weighted by atomic mass is 16.7. The van der Waals surface area contributed by atoms with Crippen molar-refractivity contribution in [1.29, 1.82) is 0 Å². The van der Waals surface area contributed by atoms with Crippen LogP contribution < -0.4 is 0 Å². The lowest BCUT2D eigenvalue weighted by atomic mass is 9.89. The number of nitrogens with zero attached hydrogens (tertiary/aromatic N) is 3. The maximum absolute atomic E-state index is 13.4. The van der Waals surface area contributed by atoms with Crippen LogP contribution >= 0.6 is 0 Å². The number of oxime groups is 1. The lowest BCUT2D eigenvalue weighted by molar-refractivity contribution is -0.393. The molecule has 0 atom stereocenters.